The van der Waals surface area contributed by atoms with Crippen molar-refractivity contribution in [3.05, 3.63) is 59.5 Å². The van der Waals surface area contributed by atoms with Crippen LogP contribution in [0.1, 0.15) is 52.0 Å². The van der Waals surface area contributed by atoms with Crippen molar-refractivity contribution in [2.24, 2.45) is 0 Å². The zero-order valence-corrected chi connectivity index (χ0v) is 19.8. The Balaban J connectivity index is 1.60. The molecule has 0 aliphatic carbocycles. The third-order valence-corrected chi connectivity index (χ3v) is 7.31. The Hall–Kier alpha value is -2.37. The van der Waals surface area contributed by atoms with Crippen molar-refractivity contribution in [1.82, 2.24) is 4.90 Å². The predicted molar refractivity (Wildman–Crippen MR) is 134 cm³/mol. The van der Waals surface area contributed by atoms with Crippen LogP contribution in [0.2, 0.25) is 0 Å². The molecule has 2 heterocycles. The van der Waals surface area contributed by atoms with Crippen molar-refractivity contribution in [3.63, 3.8) is 0 Å². The number of nitrogens with one attached hydrogen (secondary N) is 1. The fourth-order valence-electron chi connectivity index (χ4n) is 4.58. The molecule has 1 fully saturated rings. The first-order valence-electron chi connectivity index (χ1n) is 11.3. The molecule has 0 spiro atoms. The molecule has 1 aliphatic rings. The predicted octanol–water partition coefficient (Wildman–Crippen LogP) is 6.94. The first-order valence-corrected chi connectivity index (χ1v) is 12.2. The Kier molecular flexibility index (Phi) is 6.63. The Morgan fingerprint density at radius 3 is 2.42 bits per heavy atom. The molecule has 1 N–H and O–H groups in total. The summed E-state index contributed by atoms with van der Waals surface area (Å²) in [7, 11) is 0. The number of nitrogens with zero attached hydrogens (tertiary/aromatic N) is 2. The molecule has 1 aliphatic heterocycles. The summed E-state index contributed by atoms with van der Waals surface area (Å²) in [6, 6.07) is 16.7. The van der Waals surface area contributed by atoms with Gasteiger partial charge in [-0.25, -0.2) is 4.79 Å². The quantitative estimate of drug-likeness (QED) is 0.471. The molecule has 2 amide bonds. The Morgan fingerprint density at radius 2 is 1.77 bits per heavy atom. The molecule has 0 radical (unpaired) electrons. The van der Waals surface area contributed by atoms with Crippen LogP contribution in [-0.2, 0) is 0 Å². The van der Waals surface area contributed by atoms with Crippen molar-refractivity contribution in [3.8, 4) is 0 Å². The highest BCUT2D eigenvalue weighted by atomic mass is 32.1. The molecular formula is C26H33N3OS. The number of urea groups is 1. The van der Waals surface area contributed by atoms with Gasteiger partial charge in [0, 0.05) is 28.2 Å². The second-order valence-electron chi connectivity index (χ2n) is 9.04. The van der Waals surface area contributed by atoms with Crippen LogP contribution in [0, 0.1) is 0 Å². The summed E-state index contributed by atoms with van der Waals surface area (Å²) in [5.74, 6) is 0.602. The number of hydrogen-bond acceptors (Lipinski definition) is 3. The topological polar surface area (TPSA) is 35.6 Å². The van der Waals surface area contributed by atoms with Gasteiger partial charge in [-0.05, 0) is 106 Å². The molecule has 0 unspecified atom stereocenters. The fraction of sp³-hybridized carbons (Fsp3) is 0.423. The van der Waals surface area contributed by atoms with E-state index in [4.69, 9.17) is 0 Å². The van der Waals surface area contributed by atoms with Gasteiger partial charge in [0.1, 0.15) is 0 Å². The van der Waals surface area contributed by atoms with E-state index in [0.717, 1.165) is 24.5 Å². The summed E-state index contributed by atoms with van der Waals surface area (Å²) in [5.41, 5.74) is 3.22. The number of amides is 2. The van der Waals surface area contributed by atoms with E-state index in [2.05, 4.69) is 61.5 Å². The standard InChI is InChI=1S/C26H33N3OS/c1-18(2)28-14-12-20(13-15-28)24-17-31-25-11-10-22(16-23(24)25)29(19(3)4)26(30)27-21-8-6-5-7-9-21/h5-11,16-20H,12-15H2,1-4H3,(H,27,30). The molecule has 1 aromatic heterocycles. The van der Waals surface area contributed by atoms with Crippen molar-refractivity contribution in [2.75, 3.05) is 23.3 Å². The van der Waals surface area contributed by atoms with Gasteiger partial charge in [0.05, 0.1) is 0 Å². The number of likely N-dealkylation sites (tertiary alicyclic amines) is 1. The van der Waals surface area contributed by atoms with Crippen molar-refractivity contribution in [2.45, 2.75) is 58.5 Å². The molecule has 2 aromatic carbocycles. The lowest BCUT2D eigenvalue weighted by Gasteiger charge is -2.34. The van der Waals surface area contributed by atoms with E-state index in [9.17, 15) is 4.79 Å². The normalized spacial score (nSPS) is 15.7. The minimum atomic E-state index is -0.0948. The molecule has 31 heavy (non-hydrogen) atoms. The lowest BCUT2D eigenvalue weighted by atomic mass is 9.88. The van der Waals surface area contributed by atoms with Crippen LogP contribution in [0.15, 0.2) is 53.9 Å². The summed E-state index contributed by atoms with van der Waals surface area (Å²) >= 11 is 1.82. The number of fused-ring (bicyclic) bond motifs is 1. The number of rotatable bonds is 5. The first kappa shape index (κ1) is 21.8. The van der Waals surface area contributed by atoms with Crippen LogP contribution in [0.4, 0.5) is 16.2 Å². The minimum Gasteiger partial charge on any atom is -0.308 e. The van der Waals surface area contributed by atoms with Gasteiger partial charge < -0.3 is 10.2 Å². The van der Waals surface area contributed by atoms with Crippen LogP contribution in [0.5, 0.6) is 0 Å². The van der Waals surface area contributed by atoms with Crippen molar-refractivity contribution >= 4 is 38.8 Å². The highest BCUT2D eigenvalue weighted by molar-refractivity contribution is 7.17. The zero-order chi connectivity index (χ0) is 22.0. The van der Waals surface area contributed by atoms with E-state index in [1.54, 1.807) is 0 Å². The summed E-state index contributed by atoms with van der Waals surface area (Å²) < 4.78 is 1.30. The number of piperidine rings is 1. The van der Waals surface area contributed by atoms with Gasteiger partial charge in [-0.3, -0.25) is 4.90 Å². The van der Waals surface area contributed by atoms with E-state index in [-0.39, 0.29) is 12.1 Å². The molecule has 4 rings (SSSR count). The van der Waals surface area contributed by atoms with Crippen molar-refractivity contribution in [1.29, 1.82) is 0 Å². The average Bonchev–Trinajstić information content (AvgIpc) is 3.17. The zero-order valence-electron chi connectivity index (χ0n) is 19.0. The smallest absolute Gasteiger partial charge is 0.308 e. The molecule has 0 atom stereocenters. The maximum absolute atomic E-state index is 13.1. The minimum absolute atomic E-state index is 0.0533. The fourth-order valence-corrected chi connectivity index (χ4v) is 5.61. The van der Waals surface area contributed by atoms with Gasteiger partial charge in [0.25, 0.3) is 0 Å². The lowest BCUT2D eigenvalue weighted by molar-refractivity contribution is 0.172. The van der Waals surface area contributed by atoms with Gasteiger partial charge in [-0.15, -0.1) is 11.3 Å². The van der Waals surface area contributed by atoms with Crippen LogP contribution in [-0.4, -0.2) is 36.1 Å². The molecule has 5 heteroatoms. The van der Waals surface area contributed by atoms with Gasteiger partial charge in [0.15, 0.2) is 0 Å². The van der Waals surface area contributed by atoms with Crippen LogP contribution >= 0.6 is 11.3 Å². The van der Waals surface area contributed by atoms with E-state index < -0.39 is 0 Å². The molecule has 0 saturated carbocycles. The van der Waals surface area contributed by atoms with Crippen molar-refractivity contribution < 1.29 is 4.79 Å². The van der Waals surface area contributed by atoms with E-state index in [0.29, 0.717) is 12.0 Å². The number of anilines is 2. The molecular weight excluding hydrogens is 402 g/mol. The molecule has 4 nitrogen and oxygen atoms in total. The number of carbonyl (C=O) groups is 1. The molecule has 0 bridgehead atoms. The monoisotopic (exact) mass is 435 g/mol. The Morgan fingerprint density at radius 1 is 1.06 bits per heavy atom. The number of thiophene rings is 1. The summed E-state index contributed by atoms with van der Waals surface area (Å²) in [6.45, 7) is 11.0. The Labute approximate surface area is 189 Å². The van der Waals surface area contributed by atoms with Crippen LogP contribution in [0.3, 0.4) is 0 Å². The maximum atomic E-state index is 13.1. The highest BCUT2D eigenvalue weighted by Gasteiger charge is 2.25. The number of para-hydroxylation sites is 1. The number of benzene rings is 2. The lowest BCUT2D eigenvalue weighted by Crippen LogP contribution is -2.40. The molecule has 164 valence electrons. The van der Waals surface area contributed by atoms with E-state index in [1.807, 2.05) is 46.6 Å². The second kappa shape index (κ2) is 9.41. The highest BCUT2D eigenvalue weighted by Crippen LogP contribution is 2.39. The number of carbonyl (C=O) groups excluding carboxylic acids is 1. The van der Waals surface area contributed by atoms with E-state index in [1.165, 1.54) is 28.5 Å². The van der Waals surface area contributed by atoms with E-state index >= 15 is 0 Å². The largest absolute Gasteiger partial charge is 0.326 e. The third kappa shape index (κ3) is 4.78. The van der Waals surface area contributed by atoms with Crippen LogP contribution < -0.4 is 10.2 Å². The summed E-state index contributed by atoms with van der Waals surface area (Å²) in [4.78, 5) is 17.6. The van der Waals surface area contributed by atoms with Crippen LogP contribution in [0.25, 0.3) is 10.1 Å². The Bertz CT molecular complexity index is 1020. The first-order chi connectivity index (χ1) is 14.9. The summed E-state index contributed by atoms with van der Waals surface area (Å²) in [6.07, 6.45) is 2.41. The third-order valence-electron chi connectivity index (χ3n) is 6.33. The SMILES string of the molecule is CC(C)N1CCC(c2csc3ccc(N(C(=O)Nc4ccccc4)C(C)C)cc23)CC1. The van der Waals surface area contributed by atoms with Gasteiger partial charge in [-0.2, -0.15) is 0 Å². The molecule has 1 saturated heterocycles. The van der Waals surface area contributed by atoms with Gasteiger partial charge >= 0.3 is 6.03 Å². The van der Waals surface area contributed by atoms with Gasteiger partial charge in [-0.1, -0.05) is 18.2 Å². The average molecular weight is 436 g/mol. The number of hydrogen-bond donors (Lipinski definition) is 1. The summed E-state index contributed by atoms with van der Waals surface area (Å²) in [5, 5.41) is 6.69. The molecule has 3 aromatic rings. The second-order valence-corrected chi connectivity index (χ2v) is 9.95. The van der Waals surface area contributed by atoms with Gasteiger partial charge in [0.2, 0.25) is 0 Å². The maximum Gasteiger partial charge on any atom is 0.326 e.